The summed E-state index contributed by atoms with van der Waals surface area (Å²) >= 11 is 0. The smallest absolute Gasteiger partial charge is 0.155 e. The van der Waals surface area contributed by atoms with E-state index in [0.29, 0.717) is 13.0 Å². The quantitative estimate of drug-likeness (QED) is 0.823. The van der Waals surface area contributed by atoms with Crippen LogP contribution in [0.5, 0.6) is 0 Å². The summed E-state index contributed by atoms with van der Waals surface area (Å²) in [4.78, 5) is 11.8. The van der Waals surface area contributed by atoms with Gasteiger partial charge in [0.25, 0.3) is 0 Å². The zero-order chi connectivity index (χ0) is 15.2. The molecule has 1 aliphatic carbocycles. The summed E-state index contributed by atoms with van der Waals surface area (Å²) in [5.41, 5.74) is 4.44. The first kappa shape index (κ1) is 14.3. The average Bonchev–Trinajstić information content (AvgIpc) is 2.74. The van der Waals surface area contributed by atoms with Gasteiger partial charge in [0.15, 0.2) is 5.78 Å². The van der Waals surface area contributed by atoms with Crippen LogP contribution in [0.2, 0.25) is 0 Å². The lowest BCUT2D eigenvalue weighted by atomic mass is 9.72. The van der Waals surface area contributed by atoms with E-state index in [1.54, 1.807) is 6.08 Å². The Balaban J connectivity index is 1.92. The van der Waals surface area contributed by atoms with Crippen molar-refractivity contribution in [2.75, 3.05) is 6.61 Å². The minimum atomic E-state index is -0.319. The maximum Gasteiger partial charge on any atom is 0.155 e. The van der Waals surface area contributed by atoms with Crippen LogP contribution in [-0.4, -0.2) is 18.0 Å². The maximum absolute atomic E-state index is 11.8. The van der Waals surface area contributed by atoms with Gasteiger partial charge in [0.05, 0.1) is 12.2 Å². The number of allylic oxidation sites excluding steroid dienone is 1. The molecule has 21 heavy (non-hydrogen) atoms. The van der Waals surface area contributed by atoms with Crippen LogP contribution in [0.1, 0.15) is 30.0 Å². The molecule has 0 spiro atoms. The van der Waals surface area contributed by atoms with Crippen molar-refractivity contribution in [3.63, 3.8) is 0 Å². The van der Waals surface area contributed by atoms with Crippen LogP contribution in [-0.2, 0) is 9.53 Å². The highest BCUT2D eigenvalue weighted by atomic mass is 16.5. The van der Waals surface area contributed by atoms with Gasteiger partial charge in [-0.15, -0.1) is 0 Å². The fourth-order valence-corrected chi connectivity index (χ4v) is 3.67. The van der Waals surface area contributed by atoms with Crippen molar-refractivity contribution in [1.82, 2.24) is 0 Å². The summed E-state index contributed by atoms with van der Waals surface area (Å²) in [5, 5.41) is 0. The molecule has 0 N–H and O–H groups in total. The summed E-state index contributed by atoms with van der Waals surface area (Å²) in [5.74, 6) is 0.606. The molecule has 1 aliphatic heterocycles. The molecule has 3 rings (SSSR count). The van der Waals surface area contributed by atoms with Gasteiger partial charge in [-0.05, 0) is 44.1 Å². The number of carbonyl (C=O) groups is 1. The molecule has 3 unspecified atom stereocenters. The Morgan fingerprint density at radius 1 is 1.29 bits per heavy atom. The Kier molecular flexibility index (Phi) is 3.37. The van der Waals surface area contributed by atoms with Gasteiger partial charge in [-0.2, -0.15) is 0 Å². The van der Waals surface area contributed by atoms with Crippen molar-refractivity contribution in [3.8, 4) is 0 Å². The lowest BCUT2D eigenvalue weighted by Crippen LogP contribution is -2.36. The fraction of sp³-hybridized carbons (Fsp3) is 0.421. The molecule has 2 aliphatic rings. The molecule has 1 aromatic carbocycles. The number of fused-ring (bicyclic) bond motifs is 1. The van der Waals surface area contributed by atoms with Gasteiger partial charge >= 0.3 is 0 Å². The maximum atomic E-state index is 11.8. The van der Waals surface area contributed by atoms with Crippen molar-refractivity contribution >= 4 is 11.4 Å². The number of hydrogen-bond donors (Lipinski definition) is 0. The Labute approximate surface area is 126 Å². The van der Waals surface area contributed by atoms with E-state index in [4.69, 9.17) is 4.74 Å². The summed E-state index contributed by atoms with van der Waals surface area (Å²) in [6.45, 7) is 11.2. The minimum absolute atomic E-state index is 0.196. The van der Waals surface area contributed by atoms with Crippen LogP contribution in [0, 0.1) is 25.7 Å². The summed E-state index contributed by atoms with van der Waals surface area (Å²) in [6, 6.07) is 6.51. The second-order valence-electron chi connectivity index (χ2n) is 6.61. The van der Waals surface area contributed by atoms with E-state index >= 15 is 0 Å². The first-order chi connectivity index (χ1) is 9.89. The molecule has 3 atom stereocenters. The Morgan fingerprint density at radius 2 is 1.95 bits per heavy atom. The molecule has 0 aromatic heterocycles. The van der Waals surface area contributed by atoms with E-state index in [9.17, 15) is 4.79 Å². The summed E-state index contributed by atoms with van der Waals surface area (Å²) in [7, 11) is 0. The zero-order valence-electron chi connectivity index (χ0n) is 13.0. The number of ether oxygens (including phenoxy) is 1. The average molecular weight is 282 g/mol. The third-order valence-electron chi connectivity index (χ3n) is 4.86. The summed E-state index contributed by atoms with van der Waals surface area (Å²) < 4.78 is 6.01. The second-order valence-corrected chi connectivity index (χ2v) is 6.61. The highest BCUT2D eigenvalue weighted by Crippen LogP contribution is 2.46. The fourth-order valence-electron chi connectivity index (χ4n) is 3.67. The lowest BCUT2D eigenvalue weighted by molar-refractivity contribution is -0.117. The van der Waals surface area contributed by atoms with Gasteiger partial charge in [-0.3, -0.25) is 4.79 Å². The van der Waals surface area contributed by atoms with E-state index < -0.39 is 0 Å². The van der Waals surface area contributed by atoms with Crippen LogP contribution in [0.15, 0.2) is 36.9 Å². The molecule has 0 bridgehead atoms. The SMILES string of the molecule is C=C(c1cc(C)cc(C)c1)C1COC2(C)C=CC(=O)CC12. The van der Waals surface area contributed by atoms with Crippen LogP contribution in [0.25, 0.3) is 5.57 Å². The Hall–Kier alpha value is -1.67. The van der Waals surface area contributed by atoms with Crippen molar-refractivity contribution in [3.05, 3.63) is 53.6 Å². The molecule has 1 fully saturated rings. The van der Waals surface area contributed by atoms with Crippen LogP contribution < -0.4 is 0 Å². The highest BCUT2D eigenvalue weighted by Gasteiger charge is 2.48. The Morgan fingerprint density at radius 3 is 2.62 bits per heavy atom. The van der Waals surface area contributed by atoms with E-state index in [2.05, 4.69) is 45.5 Å². The molecule has 110 valence electrons. The molecule has 1 aromatic rings. The highest BCUT2D eigenvalue weighted by molar-refractivity contribution is 5.91. The number of rotatable bonds is 2. The van der Waals surface area contributed by atoms with Crippen molar-refractivity contribution in [2.45, 2.75) is 32.8 Å². The van der Waals surface area contributed by atoms with Gasteiger partial charge in [-0.1, -0.05) is 35.9 Å². The van der Waals surface area contributed by atoms with Gasteiger partial charge in [0, 0.05) is 18.3 Å². The van der Waals surface area contributed by atoms with E-state index in [1.807, 2.05) is 6.08 Å². The first-order valence-corrected chi connectivity index (χ1v) is 7.52. The van der Waals surface area contributed by atoms with Crippen molar-refractivity contribution in [2.24, 2.45) is 11.8 Å². The molecule has 1 heterocycles. The number of aryl methyl sites for hydroxylation is 2. The van der Waals surface area contributed by atoms with Gasteiger partial charge < -0.3 is 4.74 Å². The Bertz CT molecular complexity index is 621. The molecule has 1 saturated heterocycles. The molecule has 2 nitrogen and oxygen atoms in total. The minimum Gasteiger partial charge on any atom is -0.370 e. The van der Waals surface area contributed by atoms with Crippen molar-refractivity contribution in [1.29, 1.82) is 0 Å². The van der Waals surface area contributed by atoms with Gasteiger partial charge in [0.2, 0.25) is 0 Å². The third-order valence-corrected chi connectivity index (χ3v) is 4.86. The van der Waals surface area contributed by atoms with E-state index in [0.717, 1.165) is 5.57 Å². The largest absolute Gasteiger partial charge is 0.370 e. The number of carbonyl (C=O) groups excluding carboxylic acids is 1. The molecular weight excluding hydrogens is 260 g/mol. The van der Waals surface area contributed by atoms with E-state index in [1.165, 1.54) is 16.7 Å². The molecule has 0 saturated carbocycles. The predicted octanol–water partition coefficient (Wildman–Crippen LogP) is 3.87. The normalized spacial score (nSPS) is 31.3. The zero-order valence-corrected chi connectivity index (χ0v) is 13.0. The monoisotopic (exact) mass is 282 g/mol. The number of hydrogen-bond acceptors (Lipinski definition) is 2. The molecular formula is C19H22O2. The molecule has 0 amide bonds. The van der Waals surface area contributed by atoms with E-state index in [-0.39, 0.29) is 23.2 Å². The topological polar surface area (TPSA) is 26.3 Å². The predicted molar refractivity (Wildman–Crippen MR) is 85.1 cm³/mol. The first-order valence-electron chi connectivity index (χ1n) is 7.52. The number of benzene rings is 1. The van der Waals surface area contributed by atoms with Crippen LogP contribution >= 0.6 is 0 Å². The van der Waals surface area contributed by atoms with Gasteiger partial charge in [0.1, 0.15) is 0 Å². The molecule has 2 heteroatoms. The van der Waals surface area contributed by atoms with Crippen LogP contribution in [0.3, 0.4) is 0 Å². The third kappa shape index (κ3) is 2.49. The van der Waals surface area contributed by atoms with Gasteiger partial charge in [-0.25, -0.2) is 0 Å². The van der Waals surface area contributed by atoms with Crippen molar-refractivity contribution < 1.29 is 9.53 Å². The van der Waals surface area contributed by atoms with Crippen LogP contribution in [0.4, 0.5) is 0 Å². The molecule has 0 radical (unpaired) electrons. The number of ketones is 1. The standard InChI is InChI=1S/C19H22O2/c1-12-7-13(2)9-15(8-12)14(3)17-11-21-19(4)6-5-16(20)10-18(17)19/h5-9,17-18H,3,10-11H2,1-2,4H3. The second kappa shape index (κ2) is 4.96. The summed E-state index contributed by atoms with van der Waals surface area (Å²) in [6.07, 6.45) is 4.15. The lowest BCUT2D eigenvalue weighted by Gasteiger charge is -2.32.